The molecular formula is C8H11N2. The molecule has 2 rings (SSSR count). The average molecular weight is 135 g/mol. The summed E-state index contributed by atoms with van der Waals surface area (Å²) in [6.07, 6.45) is 9.07. The monoisotopic (exact) mass is 135 g/mol. The molecule has 1 radical (unpaired) electrons. The highest BCUT2D eigenvalue weighted by molar-refractivity contribution is 5.11. The van der Waals surface area contributed by atoms with E-state index in [0.29, 0.717) is 0 Å². The zero-order valence-corrected chi connectivity index (χ0v) is 5.98. The highest BCUT2D eigenvalue weighted by atomic mass is 14.9. The van der Waals surface area contributed by atoms with E-state index >= 15 is 0 Å². The molecule has 10 heavy (non-hydrogen) atoms. The van der Waals surface area contributed by atoms with Crippen molar-refractivity contribution in [2.45, 2.75) is 32.1 Å². The van der Waals surface area contributed by atoms with Crippen molar-refractivity contribution in [1.29, 1.82) is 0 Å². The van der Waals surface area contributed by atoms with Gasteiger partial charge < -0.3 is 4.98 Å². The molecule has 1 aromatic heterocycles. The Balaban J connectivity index is 2.28. The largest absolute Gasteiger partial charge is 0.339 e. The number of rotatable bonds is 0. The van der Waals surface area contributed by atoms with Gasteiger partial charge in [0.15, 0.2) is 6.33 Å². The molecule has 1 heterocycles. The van der Waals surface area contributed by atoms with Crippen LogP contribution in [0.1, 0.15) is 30.7 Å². The maximum atomic E-state index is 4.14. The van der Waals surface area contributed by atoms with Crippen molar-refractivity contribution in [3.8, 4) is 0 Å². The first-order chi connectivity index (χ1) is 4.97. The lowest BCUT2D eigenvalue weighted by molar-refractivity contribution is 0.702. The highest BCUT2D eigenvalue weighted by Crippen LogP contribution is 2.15. The topological polar surface area (TPSA) is 28.7 Å². The van der Waals surface area contributed by atoms with Gasteiger partial charge in [-0.1, -0.05) is 6.42 Å². The first-order valence-corrected chi connectivity index (χ1v) is 3.90. The number of fused-ring (bicyclic) bond motifs is 1. The lowest BCUT2D eigenvalue weighted by atomic mass is 10.2. The van der Waals surface area contributed by atoms with Gasteiger partial charge in [-0.05, 0) is 25.7 Å². The van der Waals surface area contributed by atoms with Crippen molar-refractivity contribution in [3.05, 3.63) is 17.7 Å². The van der Waals surface area contributed by atoms with Crippen LogP contribution in [0.3, 0.4) is 0 Å². The minimum atomic E-state index is 1.15. The second-order valence-electron chi connectivity index (χ2n) is 2.83. The average Bonchev–Trinajstić information content (AvgIpc) is 2.28. The molecule has 53 valence electrons. The third-order valence-corrected chi connectivity index (χ3v) is 2.09. The van der Waals surface area contributed by atoms with Crippen molar-refractivity contribution in [3.63, 3.8) is 0 Å². The number of aromatic amines is 1. The Kier molecular flexibility index (Phi) is 1.46. The van der Waals surface area contributed by atoms with Crippen molar-refractivity contribution < 1.29 is 0 Å². The van der Waals surface area contributed by atoms with E-state index in [-0.39, 0.29) is 0 Å². The SMILES string of the molecule is [c]1nc2c([nH]1)CCCCC2. The van der Waals surface area contributed by atoms with E-state index in [1.807, 2.05) is 0 Å². The van der Waals surface area contributed by atoms with Gasteiger partial charge in [0.25, 0.3) is 0 Å². The summed E-state index contributed by atoms with van der Waals surface area (Å²) in [5.41, 5.74) is 2.56. The van der Waals surface area contributed by atoms with Gasteiger partial charge >= 0.3 is 0 Å². The Morgan fingerprint density at radius 3 is 3.10 bits per heavy atom. The summed E-state index contributed by atoms with van der Waals surface area (Å²) < 4.78 is 0. The molecule has 0 fully saturated rings. The molecular weight excluding hydrogens is 124 g/mol. The Morgan fingerprint density at radius 2 is 2.10 bits per heavy atom. The minimum Gasteiger partial charge on any atom is -0.339 e. The maximum absolute atomic E-state index is 4.14. The predicted molar refractivity (Wildman–Crippen MR) is 38.7 cm³/mol. The van der Waals surface area contributed by atoms with Gasteiger partial charge in [0.05, 0.1) is 5.69 Å². The molecule has 0 saturated heterocycles. The van der Waals surface area contributed by atoms with Gasteiger partial charge in [0.2, 0.25) is 0 Å². The second-order valence-corrected chi connectivity index (χ2v) is 2.83. The number of imidazole rings is 1. The summed E-state index contributed by atoms with van der Waals surface area (Å²) in [5.74, 6) is 0. The Hall–Kier alpha value is -0.790. The number of nitrogens with zero attached hydrogens (tertiary/aromatic N) is 1. The molecule has 1 aromatic rings. The summed E-state index contributed by atoms with van der Waals surface area (Å²) in [5, 5.41) is 0. The van der Waals surface area contributed by atoms with E-state index in [0.717, 1.165) is 6.42 Å². The summed E-state index contributed by atoms with van der Waals surface area (Å²) in [6.45, 7) is 0. The molecule has 0 atom stereocenters. The molecule has 1 aliphatic carbocycles. The van der Waals surface area contributed by atoms with Crippen LogP contribution in [0, 0.1) is 6.33 Å². The molecule has 0 aliphatic heterocycles. The molecule has 0 aromatic carbocycles. The van der Waals surface area contributed by atoms with Gasteiger partial charge in [0.1, 0.15) is 0 Å². The number of hydrogen-bond acceptors (Lipinski definition) is 1. The molecule has 0 saturated carbocycles. The normalized spacial score (nSPS) is 18.0. The van der Waals surface area contributed by atoms with Gasteiger partial charge in [-0.25, -0.2) is 4.98 Å². The summed E-state index contributed by atoms with van der Waals surface area (Å²) in [6, 6.07) is 0. The van der Waals surface area contributed by atoms with E-state index in [1.54, 1.807) is 0 Å². The first kappa shape index (κ1) is 5.96. The van der Waals surface area contributed by atoms with E-state index in [9.17, 15) is 0 Å². The number of H-pyrrole nitrogens is 1. The molecule has 0 bridgehead atoms. The fraction of sp³-hybridized carbons (Fsp3) is 0.625. The second kappa shape index (κ2) is 2.45. The first-order valence-electron chi connectivity index (χ1n) is 3.90. The van der Waals surface area contributed by atoms with E-state index < -0.39 is 0 Å². The van der Waals surface area contributed by atoms with Crippen LogP contribution in [0.2, 0.25) is 0 Å². The highest BCUT2D eigenvalue weighted by Gasteiger charge is 2.08. The zero-order chi connectivity index (χ0) is 6.81. The molecule has 2 nitrogen and oxygen atoms in total. The zero-order valence-electron chi connectivity index (χ0n) is 5.98. The molecule has 0 amide bonds. The summed E-state index contributed by atoms with van der Waals surface area (Å²) in [4.78, 5) is 7.20. The number of aromatic nitrogens is 2. The van der Waals surface area contributed by atoms with Crippen molar-refractivity contribution in [2.75, 3.05) is 0 Å². The minimum absolute atomic E-state index is 1.15. The van der Waals surface area contributed by atoms with Crippen molar-refractivity contribution in [2.24, 2.45) is 0 Å². The van der Waals surface area contributed by atoms with E-state index in [1.165, 1.54) is 37.1 Å². The molecule has 1 aliphatic rings. The number of nitrogens with one attached hydrogen (secondary N) is 1. The Labute approximate surface area is 60.7 Å². The quantitative estimate of drug-likeness (QED) is 0.536. The van der Waals surface area contributed by atoms with Crippen LogP contribution in [-0.4, -0.2) is 9.97 Å². The predicted octanol–water partition coefficient (Wildman–Crippen LogP) is 1.48. The molecule has 0 spiro atoms. The summed E-state index contributed by atoms with van der Waals surface area (Å²) >= 11 is 0. The van der Waals surface area contributed by atoms with E-state index in [2.05, 4.69) is 16.3 Å². The molecule has 1 N–H and O–H groups in total. The number of hydrogen-bond donors (Lipinski definition) is 1. The van der Waals surface area contributed by atoms with Crippen molar-refractivity contribution >= 4 is 0 Å². The Morgan fingerprint density at radius 1 is 1.20 bits per heavy atom. The fourth-order valence-corrected chi connectivity index (χ4v) is 1.49. The summed E-state index contributed by atoms with van der Waals surface area (Å²) in [7, 11) is 0. The third kappa shape index (κ3) is 0.939. The third-order valence-electron chi connectivity index (χ3n) is 2.09. The lowest BCUT2D eigenvalue weighted by Crippen LogP contribution is -1.87. The van der Waals surface area contributed by atoms with Crippen molar-refractivity contribution in [1.82, 2.24) is 9.97 Å². The van der Waals surface area contributed by atoms with E-state index in [4.69, 9.17) is 0 Å². The van der Waals surface area contributed by atoms with Crippen LogP contribution in [-0.2, 0) is 12.8 Å². The van der Waals surface area contributed by atoms with Gasteiger partial charge in [-0.15, -0.1) is 0 Å². The van der Waals surface area contributed by atoms with Crippen LogP contribution in [0.5, 0.6) is 0 Å². The van der Waals surface area contributed by atoms with Crippen LogP contribution in [0.25, 0.3) is 0 Å². The van der Waals surface area contributed by atoms with Gasteiger partial charge in [-0.3, -0.25) is 0 Å². The van der Waals surface area contributed by atoms with Crippen LogP contribution < -0.4 is 0 Å². The molecule has 0 unspecified atom stereocenters. The van der Waals surface area contributed by atoms with Gasteiger partial charge in [-0.2, -0.15) is 0 Å². The Bertz CT molecular complexity index is 194. The lowest BCUT2D eigenvalue weighted by Gasteiger charge is -1.91. The number of aryl methyl sites for hydroxylation is 2. The smallest absolute Gasteiger partial charge is 0.174 e. The van der Waals surface area contributed by atoms with Gasteiger partial charge in [0, 0.05) is 5.69 Å². The van der Waals surface area contributed by atoms with Crippen LogP contribution >= 0.6 is 0 Å². The van der Waals surface area contributed by atoms with Crippen LogP contribution in [0.15, 0.2) is 0 Å². The molecule has 2 heteroatoms. The fourth-order valence-electron chi connectivity index (χ4n) is 1.49. The van der Waals surface area contributed by atoms with Crippen LogP contribution in [0.4, 0.5) is 0 Å². The standard InChI is InChI=1S/C8H11N2/c1-2-4-7-8(5-3-1)10-6-9-7/h1-5H2,(H,9,10). The maximum Gasteiger partial charge on any atom is 0.174 e.